The van der Waals surface area contributed by atoms with E-state index in [4.69, 9.17) is 9.47 Å². The van der Waals surface area contributed by atoms with Crippen LogP contribution in [0.15, 0.2) is 21.9 Å². The number of hydrogen-bond donors (Lipinski definition) is 1. The van der Waals surface area contributed by atoms with Crippen LogP contribution < -0.4 is 11.2 Å². The van der Waals surface area contributed by atoms with E-state index in [0.29, 0.717) is 38.7 Å². The number of rotatable bonds is 14. The topological polar surface area (TPSA) is 90.4 Å². The lowest BCUT2D eigenvalue weighted by Gasteiger charge is -2.32. The van der Waals surface area contributed by atoms with Gasteiger partial charge in [0, 0.05) is 36.9 Å². The summed E-state index contributed by atoms with van der Waals surface area (Å²) in [7, 11) is 0. The molecule has 0 spiro atoms. The Labute approximate surface area is 177 Å². The van der Waals surface area contributed by atoms with Gasteiger partial charge in [0.15, 0.2) is 0 Å². The molecule has 1 heterocycles. The number of carbonyl (C=O) groups excluding carboxylic acids is 1. The van der Waals surface area contributed by atoms with Crippen molar-refractivity contribution < 1.29 is 14.3 Å². The van der Waals surface area contributed by atoms with Crippen LogP contribution in [0, 0.1) is 17.3 Å². The molecule has 0 amide bonds. The summed E-state index contributed by atoms with van der Waals surface area (Å²) in [6.07, 6.45) is 3.01. The highest BCUT2D eigenvalue weighted by molar-refractivity contribution is 7.99. The molecule has 8 heteroatoms. The van der Waals surface area contributed by atoms with Gasteiger partial charge in [0.05, 0.1) is 12.0 Å². The standard InChI is InChI=1S/C21H36N2O5S/c1-16(2)15-21(5,17(3)4)19(25)28-12-14-29-13-11-27-10-6-8-23-9-7-18(24)22-20(23)26/h7,9,16-17H,6,8,10-15H2,1-5H3,(H,22,24,26). The van der Waals surface area contributed by atoms with E-state index in [1.807, 2.05) is 6.92 Å². The van der Waals surface area contributed by atoms with Gasteiger partial charge in [-0.05, 0) is 31.6 Å². The van der Waals surface area contributed by atoms with Crippen LogP contribution >= 0.6 is 11.8 Å². The number of esters is 1. The Bertz CT molecular complexity index is 728. The van der Waals surface area contributed by atoms with E-state index >= 15 is 0 Å². The van der Waals surface area contributed by atoms with E-state index < -0.39 is 11.1 Å². The van der Waals surface area contributed by atoms with Crippen LogP contribution in [0.2, 0.25) is 0 Å². The van der Waals surface area contributed by atoms with Gasteiger partial charge in [-0.25, -0.2) is 4.79 Å². The number of aromatic amines is 1. The third-order valence-corrected chi connectivity index (χ3v) is 5.90. The summed E-state index contributed by atoms with van der Waals surface area (Å²) in [4.78, 5) is 37.3. The van der Waals surface area contributed by atoms with Gasteiger partial charge < -0.3 is 14.0 Å². The molecule has 0 aliphatic rings. The fourth-order valence-electron chi connectivity index (χ4n) is 3.04. The number of carbonyl (C=O) groups is 1. The molecule has 1 N–H and O–H groups in total. The van der Waals surface area contributed by atoms with E-state index in [9.17, 15) is 14.4 Å². The van der Waals surface area contributed by atoms with E-state index in [1.165, 1.54) is 16.8 Å². The second-order valence-corrected chi connectivity index (χ2v) is 9.41. The number of hydrogen-bond acceptors (Lipinski definition) is 6. The van der Waals surface area contributed by atoms with E-state index in [-0.39, 0.29) is 17.4 Å². The molecular weight excluding hydrogens is 392 g/mol. The third-order valence-electron chi connectivity index (χ3n) is 4.99. The molecule has 1 atom stereocenters. The highest BCUT2D eigenvalue weighted by atomic mass is 32.2. The fraction of sp³-hybridized carbons (Fsp3) is 0.762. The SMILES string of the molecule is CC(C)CC(C)(C(=O)OCCSCCOCCCn1ccc(=O)[nH]c1=O)C(C)C. The Balaban J connectivity index is 2.11. The molecule has 0 fully saturated rings. The molecule has 0 bridgehead atoms. The maximum absolute atomic E-state index is 12.5. The summed E-state index contributed by atoms with van der Waals surface area (Å²) < 4.78 is 12.5. The molecule has 0 saturated heterocycles. The predicted molar refractivity (Wildman–Crippen MR) is 117 cm³/mol. The molecule has 0 aliphatic carbocycles. The molecule has 0 aromatic carbocycles. The monoisotopic (exact) mass is 428 g/mol. The molecule has 166 valence electrons. The molecule has 0 aliphatic heterocycles. The Hall–Kier alpha value is -1.54. The maximum Gasteiger partial charge on any atom is 0.328 e. The van der Waals surface area contributed by atoms with Crippen molar-refractivity contribution in [2.24, 2.45) is 17.3 Å². The van der Waals surface area contributed by atoms with Crippen molar-refractivity contribution >= 4 is 17.7 Å². The minimum absolute atomic E-state index is 0.101. The van der Waals surface area contributed by atoms with Gasteiger partial charge in [0.25, 0.3) is 5.56 Å². The highest BCUT2D eigenvalue weighted by Crippen LogP contribution is 2.35. The zero-order chi connectivity index (χ0) is 21.9. The molecule has 7 nitrogen and oxygen atoms in total. The largest absolute Gasteiger partial charge is 0.464 e. The second kappa shape index (κ2) is 12.9. The number of aromatic nitrogens is 2. The van der Waals surface area contributed by atoms with Crippen LogP contribution in [0.25, 0.3) is 0 Å². The first-order valence-corrected chi connectivity index (χ1v) is 11.4. The third kappa shape index (κ3) is 9.21. The minimum Gasteiger partial charge on any atom is -0.464 e. The van der Waals surface area contributed by atoms with Crippen molar-refractivity contribution in [2.45, 2.75) is 54.0 Å². The Morgan fingerprint density at radius 3 is 2.48 bits per heavy atom. The first kappa shape index (κ1) is 25.5. The number of H-pyrrole nitrogens is 1. The Kier molecular flexibility index (Phi) is 11.3. The molecule has 29 heavy (non-hydrogen) atoms. The lowest BCUT2D eigenvalue weighted by molar-refractivity contribution is -0.158. The maximum atomic E-state index is 12.5. The number of nitrogens with one attached hydrogen (secondary N) is 1. The van der Waals surface area contributed by atoms with Crippen LogP contribution in [0.5, 0.6) is 0 Å². The molecule has 1 unspecified atom stereocenters. The minimum atomic E-state index is -0.435. The summed E-state index contributed by atoms with van der Waals surface area (Å²) in [6.45, 7) is 12.5. The van der Waals surface area contributed by atoms with Crippen LogP contribution in [0.4, 0.5) is 0 Å². The summed E-state index contributed by atoms with van der Waals surface area (Å²) in [6, 6.07) is 1.33. The van der Waals surface area contributed by atoms with Gasteiger partial charge >= 0.3 is 11.7 Å². The molecule has 1 rings (SSSR count). The number of aryl methyl sites for hydroxylation is 1. The zero-order valence-corrected chi connectivity index (χ0v) is 19.2. The number of ether oxygens (including phenoxy) is 2. The Morgan fingerprint density at radius 1 is 1.17 bits per heavy atom. The fourth-order valence-corrected chi connectivity index (χ4v) is 3.68. The van der Waals surface area contributed by atoms with Gasteiger partial charge in [-0.3, -0.25) is 14.6 Å². The van der Waals surface area contributed by atoms with Crippen LogP contribution in [0.3, 0.4) is 0 Å². The summed E-state index contributed by atoms with van der Waals surface area (Å²) in [5.41, 5.74) is -1.22. The second-order valence-electron chi connectivity index (χ2n) is 8.19. The highest BCUT2D eigenvalue weighted by Gasteiger charge is 2.38. The van der Waals surface area contributed by atoms with E-state index in [1.54, 1.807) is 11.8 Å². The summed E-state index contributed by atoms with van der Waals surface area (Å²) in [5, 5.41) is 0. The van der Waals surface area contributed by atoms with Crippen molar-refractivity contribution in [3.63, 3.8) is 0 Å². The molecule has 1 aromatic rings. The zero-order valence-electron chi connectivity index (χ0n) is 18.4. The smallest absolute Gasteiger partial charge is 0.328 e. The van der Waals surface area contributed by atoms with Crippen molar-refractivity contribution in [3.05, 3.63) is 33.1 Å². The van der Waals surface area contributed by atoms with E-state index in [2.05, 4.69) is 32.7 Å². The number of nitrogens with zero attached hydrogens (tertiary/aromatic N) is 1. The predicted octanol–water partition coefficient (Wildman–Crippen LogP) is 2.93. The van der Waals surface area contributed by atoms with Gasteiger partial charge in [0.2, 0.25) is 0 Å². The van der Waals surface area contributed by atoms with Crippen molar-refractivity contribution in [3.8, 4) is 0 Å². The van der Waals surface area contributed by atoms with Crippen molar-refractivity contribution in [2.75, 3.05) is 31.3 Å². The summed E-state index contributed by atoms with van der Waals surface area (Å²) in [5.74, 6) is 2.16. The van der Waals surface area contributed by atoms with Gasteiger partial charge in [-0.15, -0.1) is 0 Å². The van der Waals surface area contributed by atoms with Crippen LogP contribution in [0.1, 0.15) is 47.5 Å². The molecular formula is C21H36N2O5S. The quantitative estimate of drug-likeness (QED) is 0.362. The van der Waals surface area contributed by atoms with Gasteiger partial charge in [0.1, 0.15) is 6.61 Å². The molecule has 1 aromatic heterocycles. The van der Waals surface area contributed by atoms with Gasteiger partial charge in [-0.1, -0.05) is 27.7 Å². The lowest BCUT2D eigenvalue weighted by atomic mass is 9.73. The molecule has 0 saturated carbocycles. The average molecular weight is 429 g/mol. The number of thioether (sulfide) groups is 1. The first-order valence-electron chi connectivity index (χ1n) is 10.3. The normalized spacial score (nSPS) is 13.6. The van der Waals surface area contributed by atoms with Crippen LogP contribution in [-0.4, -0.2) is 46.8 Å². The van der Waals surface area contributed by atoms with Crippen LogP contribution in [-0.2, 0) is 20.8 Å². The summed E-state index contributed by atoms with van der Waals surface area (Å²) >= 11 is 1.69. The van der Waals surface area contributed by atoms with Crippen molar-refractivity contribution in [1.82, 2.24) is 9.55 Å². The average Bonchev–Trinajstić information content (AvgIpc) is 2.63. The molecule has 0 radical (unpaired) electrons. The van der Waals surface area contributed by atoms with Gasteiger partial charge in [-0.2, -0.15) is 11.8 Å². The van der Waals surface area contributed by atoms with E-state index in [0.717, 1.165) is 17.9 Å². The van der Waals surface area contributed by atoms with Crippen molar-refractivity contribution in [1.29, 1.82) is 0 Å². The Morgan fingerprint density at radius 2 is 1.86 bits per heavy atom. The lowest BCUT2D eigenvalue weighted by Crippen LogP contribution is -2.36. The first-order chi connectivity index (χ1) is 13.7.